The van der Waals surface area contributed by atoms with Gasteiger partial charge >= 0.3 is 0 Å². The summed E-state index contributed by atoms with van der Waals surface area (Å²) < 4.78 is 13.5. The molecular weight excluding hydrogens is 398 g/mol. The van der Waals surface area contributed by atoms with Crippen LogP contribution in [0.4, 0.5) is 0 Å². The number of halogens is 2. The fourth-order valence-electron chi connectivity index (χ4n) is 2.56. The molecule has 1 heterocycles. The van der Waals surface area contributed by atoms with Gasteiger partial charge in [0.1, 0.15) is 17.6 Å². The molecule has 2 N–H and O–H groups in total. The second-order valence-corrected chi connectivity index (χ2v) is 6.79. The van der Waals surface area contributed by atoms with E-state index in [0.717, 1.165) is 38.0 Å². The highest BCUT2D eigenvalue weighted by atomic mass is 79.9. The fourth-order valence-corrected chi connectivity index (χ4v) is 3.44. The normalized spacial score (nSPS) is 20.6. The molecule has 3 rings (SSSR count). The molecule has 2 aromatic rings. The molecule has 0 saturated carbocycles. The Bertz CT molecular complexity index is 675. The highest BCUT2D eigenvalue weighted by molar-refractivity contribution is 9.10. The minimum Gasteiger partial charge on any atom is -0.497 e. The fraction of sp³-hybridized carbons (Fsp3) is 0.250. The third-order valence-corrected chi connectivity index (χ3v) is 4.87. The molecule has 1 aliphatic heterocycles. The van der Waals surface area contributed by atoms with E-state index in [1.807, 2.05) is 36.4 Å². The van der Waals surface area contributed by atoms with Crippen LogP contribution in [0, 0.1) is 0 Å². The van der Waals surface area contributed by atoms with Gasteiger partial charge in [0.2, 0.25) is 0 Å². The highest BCUT2D eigenvalue weighted by Crippen LogP contribution is 2.43. The molecular formula is C16H15Br2NO2. The van der Waals surface area contributed by atoms with Crippen LogP contribution in [-0.4, -0.2) is 7.11 Å². The number of hydrogen-bond acceptors (Lipinski definition) is 3. The van der Waals surface area contributed by atoms with Gasteiger partial charge in [-0.1, -0.05) is 31.9 Å². The first-order valence-corrected chi connectivity index (χ1v) is 8.22. The summed E-state index contributed by atoms with van der Waals surface area (Å²) in [5, 5.41) is 0. The Kier molecular flexibility index (Phi) is 4.24. The molecule has 0 aliphatic carbocycles. The zero-order valence-corrected chi connectivity index (χ0v) is 14.6. The average Bonchev–Trinajstić information content (AvgIpc) is 2.48. The molecule has 0 amide bonds. The summed E-state index contributed by atoms with van der Waals surface area (Å²) in [6.45, 7) is 0. The van der Waals surface area contributed by atoms with Crippen LogP contribution in [0.3, 0.4) is 0 Å². The van der Waals surface area contributed by atoms with Gasteiger partial charge in [-0.05, 0) is 36.4 Å². The van der Waals surface area contributed by atoms with Crippen molar-refractivity contribution in [1.29, 1.82) is 0 Å². The van der Waals surface area contributed by atoms with E-state index in [2.05, 4.69) is 31.9 Å². The average molecular weight is 413 g/mol. The van der Waals surface area contributed by atoms with Crippen LogP contribution in [0.15, 0.2) is 45.3 Å². The third-order valence-electron chi connectivity index (χ3n) is 3.66. The van der Waals surface area contributed by atoms with E-state index in [9.17, 15) is 0 Å². The molecule has 5 heteroatoms. The SMILES string of the molecule is COc1ccc(Br)c(C2CC(N)c3cc(Br)ccc3O2)c1. The molecule has 0 radical (unpaired) electrons. The number of fused-ring (bicyclic) bond motifs is 1. The van der Waals surface area contributed by atoms with Crippen LogP contribution in [0.25, 0.3) is 0 Å². The van der Waals surface area contributed by atoms with Gasteiger partial charge in [-0.3, -0.25) is 0 Å². The summed E-state index contributed by atoms with van der Waals surface area (Å²) in [5.41, 5.74) is 8.41. The Labute approximate surface area is 140 Å². The van der Waals surface area contributed by atoms with Gasteiger partial charge in [0.25, 0.3) is 0 Å². The van der Waals surface area contributed by atoms with Gasteiger partial charge in [-0.2, -0.15) is 0 Å². The lowest BCUT2D eigenvalue weighted by Crippen LogP contribution is -2.24. The quantitative estimate of drug-likeness (QED) is 0.774. The van der Waals surface area contributed by atoms with Gasteiger partial charge in [0.05, 0.1) is 7.11 Å². The smallest absolute Gasteiger partial charge is 0.127 e. The topological polar surface area (TPSA) is 44.5 Å². The molecule has 0 spiro atoms. The second kappa shape index (κ2) is 5.99. The molecule has 0 aromatic heterocycles. The molecule has 0 bridgehead atoms. The summed E-state index contributed by atoms with van der Waals surface area (Å²) in [6, 6.07) is 11.8. The summed E-state index contributed by atoms with van der Waals surface area (Å²) in [4.78, 5) is 0. The van der Waals surface area contributed by atoms with E-state index in [4.69, 9.17) is 15.2 Å². The largest absolute Gasteiger partial charge is 0.497 e. The maximum Gasteiger partial charge on any atom is 0.127 e. The van der Waals surface area contributed by atoms with Gasteiger partial charge in [-0.15, -0.1) is 0 Å². The number of benzene rings is 2. The molecule has 21 heavy (non-hydrogen) atoms. The van der Waals surface area contributed by atoms with Crippen LogP contribution in [0.1, 0.15) is 29.7 Å². The number of rotatable bonds is 2. The van der Waals surface area contributed by atoms with Crippen LogP contribution in [0.5, 0.6) is 11.5 Å². The predicted octanol–water partition coefficient (Wildman–Crippen LogP) is 4.74. The van der Waals surface area contributed by atoms with E-state index in [1.54, 1.807) is 7.11 Å². The Morgan fingerprint density at radius 2 is 1.95 bits per heavy atom. The second-order valence-electron chi connectivity index (χ2n) is 5.02. The van der Waals surface area contributed by atoms with Crippen LogP contribution >= 0.6 is 31.9 Å². The number of hydrogen-bond donors (Lipinski definition) is 1. The summed E-state index contributed by atoms with van der Waals surface area (Å²) in [6.07, 6.45) is 0.646. The van der Waals surface area contributed by atoms with Crippen LogP contribution in [-0.2, 0) is 0 Å². The van der Waals surface area contributed by atoms with Crippen molar-refractivity contribution in [2.24, 2.45) is 5.73 Å². The van der Waals surface area contributed by atoms with Gasteiger partial charge in [0, 0.05) is 32.5 Å². The Hall–Kier alpha value is -1.04. The first-order chi connectivity index (χ1) is 10.1. The summed E-state index contributed by atoms with van der Waals surface area (Å²) >= 11 is 7.06. The molecule has 2 atom stereocenters. The zero-order chi connectivity index (χ0) is 15.0. The van der Waals surface area contributed by atoms with Crippen LogP contribution in [0.2, 0.25) is 0 Å². The molecule has 2 aromatic carbocycles. The Morgan fingerprint density at radius 1 is 1.14 bits per heavy atom. The van der Waals surface area contributed by atoms with Crippen molar-refractivity contribution >= 4 is 31.9 Å². The van der Waals surface area contributed by atoms with Gasteiger partial charge < -0.3 is 15.2 Å². The van der Waals surface area contributed by atoms with Crippen molar-refractivity contribution in [3.8, 4) is 11.5 Å². The number of ether oxygens (including phenoxy) is 2. The standard InChI is InChI=1S/C16H15Br2NO2/c1-20-10-3-4-13(18)11(7-10)16-8-14(19)12-6-9(17)2-5-15(12)21-16/h2-7,14,16H,8,19H2,1H3. The zero-order valence-electron chi connectivity index (χ0n) is 11.5. The number of methoxy groups -OCH3 is 1. The van der Waals surface area contributed by atoms with Crippen LogP contribution < -0.4 is 15.2 Å². The van der Waals surface area contributed by atoms with Crippen molar-refractivity contribution in [3.05, 3.63) is 56.5 Å². The predicted molar refractivity (Wildman–Crippen MR) is 89.8 cm³/mol. The van der Waals surface area contributed by atoms with Gasteiger partial charge in [0.15, 0.2) is 0 Å². The summed E-state index contributed by atoms with van der Waals surface area (Å²) in [7, 11) is 1.66. The molecule has 2 unspecified atom stereocenters. The van der Waals surface area contributed by atoms with Crippen molar-refractivity contribution < 1.29 is 9.47 Å². The Balaban J connectivity index is 1.97. The lowest BCUT2D eigenvalue weighted by molar-refractivity contribution is 0.160. The first-order valence-electron chi connectivity index (χ1n) is 6.63. The molecule has 0 fully saturated rings. The lowest BCUT2D eigenvalue weighted by Gasteiger charge is -2.31. The summed E-state index contributed by atoms with van der Waals surface area (Å²) in [5.74, 6) is 1.66. The first kappa shape index (κ1) is 14.9. The van der Waals surface area contributed by atoms with E-state index < -0.39 is 0 Å². The molecule has 0 saturated heterocycles. The van der Waals surface area contributed by atoms with E-state index in [1.165, 1.54) is 0 Å². The molecule has 1 aliphatic rings. The van der Waals surface area contributed by atoms with E-state index >= 15 is 0 Å². The van der Waals surface area contributed by atoms with Crippen molar-refractivity contribution in [3.63, 3.8) is 0 Å². The van der Waals surface area contributed by atoms with Crippen molar-refractivity contribution in [2.45, 2.75) is 18.6 Å². The lowest BCUT2D eigenvalue weighted by atomic mass is 9.93. The van der Waals surface area contributed by atoms with Crippen molar-refractivity contribution in [1.82, 2.24) is 0 Å². The third kappa shape index (κ3) is 2.96. The maximum atomic E-state index is 6.32. The minimum atomic E-state index is -0.0850. The monoisotopic (exact) mass is 411 g/mol. The van der Waals surface area contributed by atoms with Gasteiger partial charge in [-0.25, -0.2) is 0 Å². The Morgan fingerprint density at radius 3 is 2.71 bits per heavy atom. The molecule has 3 nitrogen and oxygen atoms in total. The number of nitrogens with two attached hydrogens (primary N) is 1. The van der Waals surface area contributed by atoms with Crippen molar-refractivity contribution in [2.75, 3.05) is 7.11 Å². The highest BCUT2D eigenvalue weighted by Gasteiger charge is 2.28. The molecule has 110 valence electrons. The van der Waals surface area contributed by atoms with E-state index in [-0.39, 0.29) is 12.1 Å². The maximum absolute atomic E-state index is 6.32. The minimum absolute atomic E-state index is 0.0469. The van der Waals surface area contributed by atoms with E-state index in [0.29, 0.717) is 0 Å².